The van der Waals surface area contributed by atoms with Crippen LogP contribution in [0.4, 0.5) is 0 Å². The first-order chi connectivity index (χ1) is 7.23. The molecule has 0 aliphatic heterocycles. The summed E-state index contributed by atoms with van der Waals surface area (Å²) < 4.78 is -0.627. The highest BCUT2D eigenvalue weighted by Crippen LogP contribution is 2.30. The minimum Gasteiger partial charge on any atom is -0.196 e. The monoisotopic (exact) mass is 213 g/mol. The fourth-order valence-electron chi connectivity index (χ4n) is 1.56. The van der Waals surface area contributed by atoms with E-state index in [1.165, 1.54) is 5.56 Å². The van der Waals surface area contributed by atoms with Gasteiger partial charge in [0.2, 0.25) is 0 Å². The second-order valence-corrected chi connectivity index (χ2v) is 4.40. The van der Waals surface area contributed by atoms with Crippen molar-refractivity contribution in [1.29, 1.82) is 5.26 Å². The topological polar surface area (TPSA) is 23.8 Å². The maximum Gasteiger partial charge on any atom is 0.121 e. The van der Waals surface area contributed by atoms with E-state index >= 15 is 0 Å². The van der Waals surface area contributed by atoms with Gasteiger partial charge in [0.25, 0.3) is 0 Å². The van der Waals surface area contributed by atoms with Crippen molar-refractivity contribution < 1.29 is 0 Å². The first-order valence-electron chi connectivity index (χ1n) is 4.82. The summed E-state index contributed by atoms with van der Waals surface area (Å²) in [6.07, 6.45) is 6.55. The predicted octanol–water partition coefficient (Wildman–Crippen LogP) is 3.22. The molecule has 0 heterocycles. The van der Waals surface area contributed by atoms with Crippen LogP contribution in [0.15, 0.2) is 48.6 Å². The molecule has 0 N–H and O–H groups in total. The Hall–Kier alpha value is -1.46. The Labute approximate surface area is 95.1 Å². The van der Waals surface area contributed by atoms with Gasteiger partial charge < -0.3 is 0 Å². The largest absolute Gasteiger partial charge is 0.196 e. The van der Waals surface area contributed by atoms with Gasteiger partial charge in [-0.05, 0) is 17.6 Å². The molecule has 1 aliphatic rings. The standard InChI is InChI=1S/C13H11NS/c14-10-13(15)8-6-12(7-9-13)11-4-2-1-3-5-11/h1-8,15H,9H2. The summed E-state index contributed by atoms with van der Waals surface area (Å²) in [5.74, 6) is 0. The zero-order chi connectivity index (χ0) is 10.7. The quantitative estimate of drug-likeness (QED) is 0.711. The molecule has 1 nitrogen and oxygen atoms in total. The van der Waals surface area contributed by atoms with Crippen molar-refractivity contribution in [1.82, 2.24) is 0 Å². The van der Waals surface area contributed by atoms with Crippen molar-refractivity contribution in [2.45, 2.75) is 11.2 Å². The normalized spacial score (nSPS) is 24.4. The van der Waals surface area contributed by atoms with E-state index in [-0.39, 0.29) is 0 Å². The number of benzene rings is 1. The molecule has 1 aliphatic carbocycles. The number of nitriles is 1. The van der Waals surface area contributed by atoms with Gasteiger partial charge in [0.05, 0.1) is 6.07 Å². The summed E-state index contributed by atoms with van der Waals surface area (Å²) in [6, 6.07) is 12.3. The number of hydrogen-bond donors (Lipinski definition) is 1. The molecule has 15 heavy (non-hydrogen) atoms. The lowest BCUT2D eigenvalue weighted by atomic mass is 9.93. The van der Waals surface area contributed by atoms with Gasteiger partial charge in [-0.1, -0.05) is 48.6 Å². The third-order valence-electron chi connectivity index (χ3n) is 2.47. The molecule has 0 aromatic heterocycles. The number of hydrogen-bond acceptors (Lipinski definition) is 2. The second-order valence-electron chi connectivity index (χ2n) is 3.60. The molecule has 0 saturated heterocycles. The molecule has 1 unspecified atom stereocenters. The van der Waals surface area contributed by atoms with E-state index in [1.807, 2.05) is 30.4 Å². The maximum absolute atomic E-state index is 8.90. The average Bonchev–Trinajstić information content (AvgIpc) is 2.31. The highest BCUT2D eigenvalue weighted by molar-refractivity contribution is 7.82. The summed E-state index contributed by atoms with van der Waals surface area (Å²) in [6.45, 7) is 0. The van der Waals surface area contributed by atoms with Crippen LogP contribution >= 0.6 is 12.6 Å². The van der Waals surface area contributed by atoms with E-state index in [0.717, 1.165) is 5.57 Å². The van der Waals surface area contributed by atoms with Crippen LogP contribution in [-0.4, -0.2) is 4.75 Å². The number of nitrogens with zero attached hydrogens (tertiary/aromatic N) is 1. The molecule has 2 heteroatoms. The molecule has 0 saturated carbocycles. The number of allylic oxidation sites excluding steroid dienone is 3. The summed E-state index contributed by atoms with van der Waals surface area (Å²) in [5, 5.41) is 8.90. The molecule has 1 atom stereocenters. The van der Waals surface area contributed by atoms with Crippen molar-refractivity contribution >= 4 is 18.2 Å². The molecule has 0 bridgehead atoms. The fraction of sp³-hybridized carbons (Fsp3) is 0.154. The first-order valence-corrected chi connectivity index (χ1v) is 5.27. The minimum absolute atomic E-state index is 0.627. The molecular weight excluding hydrogens is 202 g/mol. The van der Waals surface area contributed by atoms with Crippen LogP contribution in [0.3, 0.4) is 0 Å². The lowest BCUT2D eigenvalue weighted by Gasteiger charge is -2.18. The Morgan fingerprint density at radius 2 is 2.00 bits per heavy atom. The number of thiol groups is 1. The third kappa shape index (κ3) is 2.14. The van der Waals surface area contributed by atoms with Gasteiger partial charge >= 0.3 is 0 Å². The number of rotatable bonds is 1. The molecular formula is C13H11NS. The molecule has 0 spiro atoms. The van der Waals surface area contributed by atoms with Crippen LogP contribution in [0.5, 0.6) is 0 Å². The van der Waals surface area contributed by atoms with Gasteiger partial charge in [0, 0.05) is 0 Å². The van der Waals surface area contributed by atoms with Crippen LogP contribution in [0.2, 0.25) is 0 Å². The fourth-order valence-corrected chi connectivity index (χ4v) is 1.72. The SMILES string of the molecule is N#CC1(S)C=CC(c2ccccc2)=CC1. The van der Waals surface area contributed by atoms with Gasteiger partial charge in [-0.15, -0.1) is 0 Å². The van der Waals surface area contributed by atoms with Crippen molar-refractivity contribution in [3.8, 4) is 6.07 Å². The van der Waals surface area contributed by atoms with Gasteiger partial charge in [0.1, 0.15) is 4.75 Å². The molecule has 2 rings (SSSR count). The van der Waals surface area contributed by atoms with Gasteiger partial charge in [0.15, 0.2) is 0 Å². The average molecular weight is 213 g/mol. The predicted molar refractivity (Wildman–Crippen MR) is 65.5 cm³/mol. The molecule has 1 aromatic carbocycles. The van der Waals surface area contributed by atoms with Crippen LogP contribution in [-0.2, 0) is 0 Å². The molecule has 74 valence electrons. The molecule has 0 fully saturated rings. The van der Waals surface area contributed by atoms with Crippen LogP contribution in [0, 0.1) is 11.3 Å². The van der Waals surface area contributed by atoms with Crippen molar-refractivity contribution in [3.63, 3.8) is 0 Å². The van der Waals surface area contributed by atoms with E-state index in [2.05, 4.69) is 36.9 Å². The van der Waals surface area contributed by atoms with E-state index in [9.17, 15) is 0 Å². The summed E-state index contributed by atoms with van der Waals surface area (Å²) in [4.78, 5) is 0. The zero-order valence-electron chi connectivity index (χ0n) is 8.22. The van der Waals surface area contributed by atoms with Crippen LogP contribution in [0.25, 0.3) is 5.57 Å². The molecule has 1 aromatic rings. The van der Waals surface area contributed by atoms with Gasteiger partial charge in [-0.25, -0.2) is 0 Å². The van der Waals surface area contributed by atoms with Crippen molar-refractivity contribution in [2.24, 2.45) is 0 Å². The summed E-state index contributed by atoms with van der Waals surface area (Å²) >= 11 is 4.31. The minimum atomic E-state index is -0.627. The van der Waals surface area contributed by atoms with Crippen LogP contribution in [0.1, 0.15) is 12.0 Å². The van der Waals surface area contributed by atoms with E-state index in [4.69, 9.17) is 5.26 Å². The summed E-state index contributed by atoms with van der Waals surface area (Å²) in [5.41, 5.74) is 2.34. The Kier molecular flexibility index (Phi) is 2.66. The third-order valence-corrected chi connectivity index (χ3v) is 2.90. The van der Waals surface area contributed by atoms with E-state index < -0.39 is 4.75 Å². The van der Waals surface area contributed by atoms with Crippen molar-refractivity contribution in [3.05, 3.63) is 54.1 Å². The Bertz CT molecular complexity index is 453. The first kappa shape index (κ1) is 10.1. The van der Waals surface area contributed by atoms with Crippen LogP contribution < -0.4 is 0 Å². The highest BCUT2D eigenvalue weighted by atomic mass is 32.1. The molecule has 0 radical (unpaired) electrons. The van der Waals surface area contributed by atoms with E-state index in [1.54, 1.807) is 0 Å². The van der Waals surface area contributed by atoms with Gasteiger partial charge in [-0.3, -0.25) is 0 Å². The van der Waals surface area contributed by atoms with E-state index in [0.29, 0.717) is 6.42 Å². The Balaban J connectivity index is 2.25. The summed E-state index contributed by atoms with van der Waals surface area (Å²) in [7, 11) is 0. The zero-order valence-corrected chi connectivity index (χ0v) is 9.11. The highest BCUT2D eigenvalue weighted by Gasteiger charge is 2.22. The maximum atomic E-state index is 8.90. The van der Waals surface area contributed by atoms with Crippen molar-refractivity contribution in [2.75, 3.05) is 0 Å². The Morgan fingerprint density at radius 3 is 2.53 bits per heavy atom. The molecule has 0 amide bonds. The second kappa shape index (κ2) is 3.96. The lowest BCUT2D eigenvalue weighted by Crippen LogP contribution is -2.16. The van der Waals surface area contributed by atoms with Gasteiger partial charge in [-0.2, -0.15) is 17.9 Å². The smallest absolute Gasteiger partial charge is 0.121 e. The lowest BCUT2D eigenvalue weighted by molar-refractivity contribution is 0.906. The Morgan fingerprint density at radius 1 is 1.27 bits per heavy atom.